The quantitative estimate of drug-likeness (QED) is 0.714. The minimum Gasteiger partial charge on any atom is -0.497 e. The maximum Gasteiger partial charge on any atom is 0.120 e. The summed E-state index contributed by atoms with van der Waals surface area (Å²) >= 11 is 0. The van der Waals surface area contributed by atoms with Crippen molar-refractivity contribution in [1.29, 1.82) is 0 Å². The fourth-order valence-electron chi connectivity index (χ4n) is 3.29. The molecule has 2 heterocycles. The van der Waals surface area contributed by atoms with Crippen LogP contribution in [0.4, 0.5) is 5.69 Å². The van der Waals surface area contributed by atoms with Gasteiger partial charge in [0.25, 0.3) is 0 Å². The first-order chi connectivity index (χ1) is 12.3. The Morgan fingerprint density at radius 3 is 2.48 bits per heavy atom. The molecule has 126 valence electrons. The van der Waals surface area contributed by atoms with Crippen molar-refractivity contribution in [2.45, 2.75) is 13.1 Å². The van der Waals surface area contributed by atoms with E-state index in [9.17, 15) is 0 Å². The van der Waals surface area contributed by atoms with Crippen LogP contribution in [-0.4, -0.2) is 19.2 Å². The van der Waals surface area contributed by atoms with Crippen LogP contribution in [0.25, 0.3) is 11.3 Å². The molecule has 0 fully saturated rings. The van der Waals surface area contributed by atoms with E-state index in [1.807, 2.05) is 30.5 Å². The van der Waals surface area contributed by atoms with Crippen molar-refractivity contribution < 1.29 is 9.47 Å². The van der Waals surface area contributed by atoms with Crippen molar-refractivity contribution in [3.05, 3.63) is 71.9 Å². The van der Waals surface area contributed by atoms with Gasteiger partial charge in [-0.1, -0.05) is 18.2 Å². The first-order valence-electron chi connectivity index (χ1n) is 8.28. The van der Waals surface area contributed by atoms with Gasteiger partial charge in [-0.2, -0.15) is 0 Å². The third-order valence-electron chi connectivity index (χ3n) is 4.59. The number of hydrogen-bond donors (Lipinski definition) is 0. The lowest BCUT2D eigenvalue weighted by Crippen LogP contribution is -2.26. The molecule has 1 aromatic heterocycles. The van der Waals surface area contributed by atoms with Gasteiger partial charge in [-0.25, -0.2) is 0 Å². The van der Waals surface area contributed by atoms with Crippen LogP contribution in [0.5, 0.6) is 11.5 Å². The van der Waals surface area contributed by atoms with Crippen molar-refractivity contribution in [1.82, 2.24) is 4.98 Å². The number of ether oxygens (including phenoxy) is 2. The molecule has 2 aromatic carbocycles. The Hall–Kier alpha value is -3.01. The third kappa shape index (κ3) is 2.91. The molecule has 3 aromatic rings. The Morgan fingerprint density at radius 1 is 0.960 bits per heavy atom. The fourth-order valence-corrected chi connectivity index (χ4v) is 3.29. The smallest absolute Gasteiger partial charge is 0.120 e. The predicted molar refractivity (Wildman–Crippen MR) is 99.1 cm³/mol. The summed E-state index contributed by atoms with van der Waals surface area (Å²) in [6.45, 7) is 1.65. The maximum atomic E-state index is 5.43. The molecule has 0 saturated heterocycles. The van der Waals surface area contributed by atoms with E-state index in [0.29, 0.717) is 0 Å². The van der Waals surface area contributed by atoms with E-state index < -0.39 is 0 Å². The third-order valence-corrected chi connectivity index (χ3v) is 4.59. The van der Waals surface area contributed by atoms with Gasteiger partial charge >= 0.3 is 0 Å². The molecule has 0 spiro atoms. The number of hydrogen-bond acceptors (Lipinski definition) is 4. The van der Waals surface area contributed by atoms with Gasteiger partial charge in [0.05, 0.1) is 25.6 Å². The number of aromatic nitrogens is 1. The fraction of sp³-hybridized carbons (Fsp3) is 0.190. The second-order valence-electron chi connectivity index (χ2n) is 6.10. The number of methoxy groups -OCH3 is 2. The summed E-state index contributed by atoms with van der Waals surface area (Å²) in [6.07, 6.45) is 1.85. The summed E-state index contributed by atoms with van der Waals surface area (Å²) in [5.41, 5.74) is 5.85. The average Bonchev–Trinajstić information content (AvgIpc) is 2.68. The summed E-state index contributed by atoms with van der Waals surface area (Å²) in [6, 6.07) is 18.6. The number of benzene rings is 2. The first-order valence-corrected chi connectivity index (χ1v) is 8.28. The summed E-state index contributed by atoms with van der Waals surface area (Å²) in [5.74, 6) is 1.73. The van der Waals surface area contributed by atoms with Gasteiger partial charge in [0, 0.05) is 30.9 Å². The molecular formula is C21H20N2O2. The normalized spacial score (nSPS) is 12.3. The number of pyridine rings is 1. The maximum absolute atomic E-state index is 5.43. The van der Waals surface area contributed by atoms with E-state index in [1.165, 1.54) is 11.1 Å². The van der Waals surface area contributed by atoms with Gasteiger partial charge in [-0.3, -0.25) is 4.98 Å². The zero-order valence-electron chi connectivity index (χ0n) is 14.4. The molecule has 0 saturated carbocycles. The Bertz CT molecular complexity index is 891. The molecule has 1 aliphatic heterocycles. The monoisotopic (exact) mass is 332 g/mol. The molecule has 1 aliphatic rings. The van der Waals surface area contributed by atoms with E-state index >= 15 is 0 Å². The van der Waals surface area contributed by atoms with E-state index in [4.69, 9.17) is 9.47 Å². The molecular weight excluding hydrogens is 312 g/mol. The van der Waals surface area contributed by atoms with Crippen LogP contribution in [0.1, 0.15) is 11.1 Å². The summed E-state index contributed by atoms with van der Waals surface area (Å²) in [5, 5.41) is 0. The van der Waals surface area contributed by atoms with E-state index in [-0.39, 0.29) is 0 Å². The van der Waals surface area contributed by atoms with Crippen molar-refractivity contribution in [2.24, 2.45) is 0 Å². The minimum atomic E-state index is 0.818. The zero-order valence-corrected chi connectivity index (χ0v) is 14.4. The van der Waals surface area contributed by atoms with Gasteiger partial charge in [0.1, 0.15) is 11.5 Å². The minimum absolute atomic E-state index is 0.818. The molecule has 0 radical (unpaired) electrons. The SMILES string of the molecule is COc1ccc(CN2Cc3cccnc3-c3ccc(OC)cc32)cc1. The van der Waals surface area contributed by atoms with Crippen LogP contribution < -0.4 is 14.4 Å². The van der Waals surface area contributed by atoms with Crippen LogP contribution in [0.2, 0.25) is 0 Å². The largest absolute Gasteiger partial charge is 0.497 e. The molecule has 25 heavy (non-hydrogen) atoms. The van der Waals surface area contributed by atoms with Crippen LogP contribution >= 0.6 is 0 Å². The topological polar surface area (TPSA) is 34.6 Å². The van der Waals surface area contributed by atoms with Gasteiger partial charge in [-0.05, 0) is 41.5 Å². The lowest BCUT2D eigenvalue weighted by Gasteiger charge is -2.32. The molecule has 0 bridgehead atoms. The molecule has 0 unspecified atom stereocenters. The molecule has 0 N–H and O–H groups in total. The van der Waals surface area contributed by atoms with E-state index in [1.54, 1.807) is 14.2 Å². The first kappa shape index (κ1) is 15.5. The van der Waals surface area contributed by atoms with Gasteiger partial charge in [0.15, 0.2) is 0 Å². The van der Waals surface area contributed by atoms with Crippen molar-refractivity contribution in [3.8, 4) is 22.8 Å². The van der Waals surface area contributed by atoms with Gasteiger partial charge < -0.3 is 14.4 Å². The van der Waals surface area contributed by atoms with Crippen LogP contribution in [0, 0.1) is 0 Å². The predicted octanol–water partition coefficient (Wildman–Crippen LogP) is 4.29. The van der Waals surface area contributed by atoms with Crippen molar-refractivity contribution in [2.75, 3.05) is 19.1 Å². The Balaban J connectivity index is 1.73. The highest BCUT2D eigenvalue weighted by Crippen LogP contribution is 2.40. The molecule has 4 nitrogen and oxygen atoms in total. The summed E-state index contributed by atoms with van der Waals surface area (Å²) in [4.78, 5) is 6.96. The van der Waals surface area contributed by atoms with Crippen molar-refractivity contribution in [3.63, 3.8) is 0 Å². The Labute approximate surface area is 147 Å². The second-order valence-corrected chi connectivity index (χ2v) is 6.10. The standard InChI is InChI=1S/C21H20N2O2/c1-24-17-7-5-15(6-8-17)13-23-14-16-4-3-11-22-21(16)19-10-9-18(25-2)12-20(19)23/h3-12H,13-14H2,1-2H3. The average molecular weight is 332 g/mol. The Morgan fingerprint density at radius 2 is 1.72 bits per heavy atom. The highest BCUT2D eigenvalue weighted by Gasteiger charge is 2.23. The lowest BCUT2D eigenvalue weighted by molar-refractivity contribution is 0.414. The van der Waals surface area contributed by atoms with Crippen LogP contribution in [-0.2, 0) is 13.1 Å². The zero-order chi connectivity index (χ0) is 17.2. The van der Waals surface area contributed by atoms with Crippen LogP contribution in [0.3, 0.4) is 0 Å². The highest BCUT2D eigenvalue weighted by molar-refractivity contribution is 5.82. The summed E-state index contributed by atoms with van der Waals surface area (Å²) in [7, 11) is 3.39. The van der Waals surface area contributed by atoms with E-state index in [0.717, 1.165) is 41.5 Å². The molecule has 0 amide bonds. The van der Waals surface area contributed by atoms with Gasteiger partial charge in [-0.15, -0.1) is 0 Å². The van der Waals surface area contributed by atoms with Gasteiger partial charge in [0.2, 0.25) is 0 Å². The Kier molecular flexibility index (Phi) is 4.02. The highest BCUT2D eigenvalue weighted by atomic mass is 16.5. The lowest BCUT2D eigenvalue weighted by atomic mass is 9.97. The second kappa shape index (κ2) is 6.48. The molecule has 4 heteroatoms. The number of rotatable bonds is 4. The molecule has 4 rings (SSSR count). The van der Waals surface area contributed by atoms with E-state index in [2.05, 4.69) is 40.2 Å². The number of nitrogens with zero attached hydrogens (tertiary/aromatic N) is 2. The number of anilines is 1. The molecule has 0 atom stereocenters. The number of fused-ring (bicyclic) bond motifs is 3. The molecule has 0 aliphatic carbocycles. The van der Waals surface area contributed by atoms with Crippen LogP contribution in [0.15, 0.2) is 60.8 Å². The summed E-state index contributed by atoms with van der Waals surface area (Å²) < 4.78 is 10.7. The van der Waals surface area contributed by atoms with Crippen molar-refractivity contribution >= 4 is 5.69 Å².